The first-order valence-electron chi connectivity index (χ1n) is 9.00. The average Bonchev–Trinajstić information content (AvgIpc) is 3.09. The Labute approximate surface area is 144 Å². The van der Waals surface area contributed by atoms with Crippen molar-refractivity contribution in [2.75, 3.05) is 32.1 Å². The van der Waals surface area contributed by atoms with Crippen molar-refractivity contribution in [1.82, 2.24) is 5.32 Å². The molecule has 1 aliphatic carbocycles. The Kier molecular flexibility index (Phi) is 5.74. The van der Waals surface area contributed by atoms with E-state index in [-0.39, 0.29) is 5.91 Å². The van der Waals surface area contributed by atoms with Gasteiger partial charge >= 0.3 is 0 Å². The molecule has 2 N–H and O–H groups in total. The smallest absolute Gasteiger partial charge is 0.233 e. The zero-order chi connectivity index (χ0) is 16.8. The Morgan fingerprint density at radius 2 is 2.04 bits per heavy atom. The van der Waals surface area contributed by atoms with Crippen LogP contribution in [0.25, 0.3) is 0 Å². The van der Waals surface area contributed by atoms with Crippen LogP contribution in [0.4, 0.5) is 5.69 Å². The van der Waals surface area contributed by atoms with Gasteiger partial charge in [-0.3, -0.25) is 4.79 Å². The molecule has 1 aromatic rings. The molecule has 0 bridgehead atoms. The fourth-order valence-electron chi connectivity index (χ4n) is 3.73. The molecular weight excluding hydrogens is 304 g/mol. The van der Waals surface area contributed by atoms with Crippen molar-refractivity contribution >= 4 is 11.6 Å². The number of piperidine rings is 1. The Morgan fingerprint density at radius 3 is 2.75 bits per heavy atom. The van der Waals surface area contributed by atoms with E-state index in [0.717, 1.165) is 50.2 Å². The van der Waals surface area contributed by atoms with E-state index in [0.29, 0.717) is 12.7 Å². The van der Waals surface area contributed by atoms with Crippen LogP contribution in [0.15, 0.2) is 24.3 Å². The zero-order valence-corrected chi connectivity index (χ0v) is 14.5. The van der Waals surface area contributed by atoms with Gasteiger partial charge in [0.2, 0.25) is 5.91 Å². The second-order valence-corrected chi connectivity index (χ2v) is 6.97. The number of rotatable bonds is 6. The SMILES string of the molecule is COCC1(C(=O)Nc2cccc(OC3CCCC3)c2)CCNCC1. The highest BCUT2D eigenvalue weighted by molar-refractivity contribution is 5.95. The third kappa shape index (κ3) is 4.08. The molecule has 1 saturated carbocycles. The van der Waals surface area contributed by atoms with Gasteiger partial charge < -0.3 is 20.1 Å². The van der Waals surface area contributed by atoms with Crippen LogP contribution in [0, 0.1) is 5.41 Å². The number of hydrogen-bond acceptors (Lipinski definition) is 4. The summed E-state index contributed by atoms with van der Waals surface area (Å²) in [6.45, 7) is 2.15. The first kappa shape index (κ1) is 17.2. The molecular formula is C19H28N2O3. The van der Waals surface area contributed by atoms with Crippen LogP contribution in [0.3, 0.4) is 0 Å². The predicted molar refractivity (Wildman–Crippen MR) is 94.4 cm³/mol. The zero-order valence-electron chi connectivity index (χ0n) is 14.5. The van der Waals surface area contributed by atoms with Crippen molar-refractivity contribution in [3.05, 3.63) is 24.3 Å². The van der Waals surface area contributed by atoms with Gasteiger partial charge in [-0.1, -0.05) is 6.07 Å². The summed E-state index contributed by atoms with van der Waals surface area (Å²) in [6, 6.07) is 7.74. The van der Waals surface area contributed by atoms with Crippen molar-refractivity contribution in [2.24, 2.45) is 5.41 Å². The normalized spacial score (nSPS) is 20.7. The molecule has 1 aromatic carbocycles. The second kappa shape index (κ2) is 7.99. The Hall–Kier alpha value is -1.59. The lowest BCUT2D eigenvalue weighted by atomic mass is 9.78. The Balaban J connectivity index is 1.66. The van der Waals surface area contributed by atoms with Crippen molar-refractivity contribution < 1.29 is 14.3 Å². The summed E-state index contributed by atoms with van der Waals surface area (Å²) >= 11 is 0. The molecule has 1 aliphatic heterocycles. The number of amides is 1. The number of hydrogen-bond donors (Lipinski definition) is 2. The van der Waals surface area contributed by atoms with Gasteiger partial charge in [-0.2, -0.15) is 0 Å². The largest absolute Gasteiger partial charge is 0.490 e. The van der Waals surface area contributed by atoms with E-state index in [4.69, 9.17) is 9.47 Å². The highest BCUT2D eigenvalue weighted by atomic mass is 16.5. The summed E-state index contributed by atoms with van der Waals surface area (Å²) < 4.78 is 11.4. The van der Waals surface area contributed by atoms with Crippen molar-refractivity contribution in [3.8, 4) is 5.75 Å². The number of nitrogens with one attached hydrogen (secondary N) is 2. The number of anilines is 1. The minimum atomic E-state index is -0.442. The fraction of sp³-hybridized carbons (Fsp3) is 0.632. The summed E-state index contributed by atoms with van der Waals surface area (Å²) in [6.07, 6.45) is 6.65. The molecule has 0 unspecified atom stereocenters. The predicted octanol–water partition coefficient (Wildman–Crippen LogP) is 2.96. The fourth-order valence-corrected chi connectivity index (χ4v) is 3.73. The molecule has 3 rings (SSSR count). The van der Waals surface area contributed by atoms with E-state index in [1.807, 2.05) is 24.3 Å². The Morgan fingerprint density at radius 1 is 1.29 bits per heavy atom. The van der Waals surface area contributed by atoms with Gasteiger partial charge in [0, 0.05) is 18.9 Å². The van der Waals surface area contributed by atoms with Gasteiger partial charge in [-0.25, -0.2) is 0 Å². The molecule has 0 radical (unpaired) electrons. The highest BCUT2D eigenvalue weighted by Gasteiger charge is 2.39. The van der Waals surface area contributed by atoms with Crippen LogP contribution in [0.2, 0.25) is 0 Å². The lowest BCUT2D eigenvalue weighted by molar-refractivity contribution is -0.130. The first-order valence-corrected chi connectivity index (χ1v) is 9.00. The molecule has 2 aliphatic rings. The molecule has 132 valence electrons. The lowest BCUT2D eigenvalue weighted by Crippen LogP contribution is -2.47. The summed E-state index contributed by atoms with van der Waals surface area (Å²) in [7, 11) is 1.66. The lowest BCUT2D eigenvalue weighted by Gasteiger charge is -2.35. The standard InChI is InChI=1S/C19H28N2O3/c1-23-14-19(9-11-20-12-10-19)18(22)21-15-5-4-8-17(13-15)24-16-6-2-3-7-16/h4-5,8,13,16,20H,2-3,6-7,9-12,14H2,1H3,(H,21,22). The summed E-state index contributed by atoms with van der Waals surface area (Å²) in [5, 5.41) is 6.39. The maximum atomic E-state index is 12.9. The first-order chi connectivity index (χ1) is 11.7. The second-order valence-electron chi connectivity index (χ2n) is 6.97. The van der Waals surface area contributed by atoms with Crippen LogP contribution in [0.5, 0.6) is 5.75 Å². The summed E-state index contributed by atoms with van der Waals surface area (Å²) in [4.78, 5) is 12.9. The molecule has 5 nitrogen and oxygen atoms in total. The third-order valence-electron chi connectivity index (χ3n) is 5.16. The summed E-state index contributed by atoms with van der Waals surface area (Å²) in [5.41, 5.74) is 0.354. The van der Waals surface area contributed by atoms with Gasteiger partial charge in [0.05, 0.1) is 18.1 Å². The van der Waals surface area contributed by atoms with E-state index in [2.05, 4.69) is 10.6 Å². The molecule has 0 atom stereocenters. The van der Waals surface area contributed by atoms with E-state index in [1.165, 1.54) is 12.8 Å². The van der Waals surface area contributed by atoms with Crippen LogP contribution >= 0.6 is 0 Å². The van der Waals surface area contributed by atoms with Gasteiger partial charge in [-0.15, -0.1) is 0 Å². The number of carbonyl (C=O) groups excluding carboxylic acids is 1. The van der Waals surface area contributed by atoms with Gasteiger partial charge in [0.15, 0.2) is 0 Å². The van der Waals surface area contributed by atoms with Gasteiger partial charge in [0.25, 0.3) is 0 Å². The van der Waals surface area contributed by atoms with Crippen molar-refractivity contribution in [2.45, 2.75) is 44.6 Å². The highest BCUT2D eigenvalue weighted by Crippen LogP contribution is 2.32. The van der Waals surface area contributed by atoms with E-state index in [1.54, 1.807) is 7.11 Å². The maximum absolute atomic E-state index is 12.9. The molecule has 0 spiro atoms. The molecule has 24 heavy (non-hydrogen) atoms. The molecule has 1 saturated heterocycles. The van der Waals surface area contributed by atoms with Crippen molar-refractivity contribution in [1.29, 1.82) is 0 Å². The van der Waals surface area contributed by atoms with Crippen LogP contribution in [-0.4, -0.2) is 38.8 Å². The van der Waals surface area contributed by atoms with Crippen LogP contribution in [-0.2, 0) is 9.53 Å². The Bertz CT molecular complexity index is 544. The molecule has 0 aromatic heterocycles. The average molecular weight is 332 g/mol. The number of methoxy groups -OCH3 is 1. The minimum absolute atomic E-state index is 0.0452. The summed E-state index contributed by atoms with van der Waals surface area (Å²) in [5.74, 6) is 0.884. The minimum Gasteiger partial charge on any atom is -0.490 e. The molecule has 5 heteroatoms. The third-order valence-corrected chi connectivity index (χ3v) is 5.16. The van der Waals surface area contributed by atoms with E-state index < -0.39 is 5.41 Å². The van der Waals surface area contributed by atoms with Crippen molar-refractivity contribution in [3.63, 3.8) is 0 Å². The van der Waals surface area contributed by atoms with Gasteiger partial charge in [-0.05, 0) is 63.7 Å². The topological polar surface area (TPSA) is 59.6 Å². The van der Waals surface area contributed by atoms with E-state index >= 15 is 0 Å². The van der Waals surface area contributed by atoms with E-state index in [9.17, 15) is 4.79 Å². The number of benzene rings is 1. The number of ether oxygens (including phenoxy) is 2. The monoisotopic (exact) mass is 332 g/mol. The molecule has 1 heterocycles. The number of carbonyl (C=O) groups is 1. The quantitative estimate of drug-likeness (QED) is 0.841. The van der Waals surface area contributed by atoms with Gasteiger partial charge in [0.1, 0.15) is 5.75 Å². The maximum Gasteiger partial charge on any atom is 0.233 e. The van der Waals surface area contributed by atoms with Crippen LogP contribution in [0.1, 0.15) is 38.5 Å². The molecule has 2 fully saturated rings. The van der Waals surface area contributed by atoms with Crippen LogP contribution < -0.4 is 15.4 Å². The molecule has 1 amide bonds.